The molecule has 1 aromatic carbocycles. The van der Waals surface area contributed by atoms with Gasteiger partial charge in [0.2, 0.25) is 5.39 Å². The van der Waals surface area contributed by atoms with Crippen molar-refractivity contribution in [3.63, 3.8) is 0 Å². The van der Waals surface area contributed by atoms with Gasteiger partial charge in [-0.25, -0.2) is 4.79 Å². The maximum absolute atomic E-state index is 11.0. The maximum Gasteiger partial charge on any atom is 0.399 e. The van der Waals surface area contributed by atoms with Crippen LogP contribution < -0.4 is 12.4 Å². The van der Waals surface area contributed by atoms with Gasteiger partial charge >= 0.3 is 11.7 Å². The first-order valence-corrected chi connectivity index (χ1v) is 3.32. The molecular formula is C8H7ClN2O2. The summed E-state index contributed by atoms with van der Waals surface area (Å²) in [5.74, 6) is -0.511. The summed E-state index contributed by atoms with van der Waals surface area (Å²) in [6.45, 7) is 0. The van der Waals surface area contributed by atoms with Crippen LogP contribution in [0.3, 0.4) is 0 Å². The third kappa shape index (κ3) is 2.42. The third-order valence-corrected chi connectivity index (χ3v) is 1.42. The lowest BCUT2D eigenvalue weighted by Crippen LogP contribution is -3.00. The lowest BCUT2D eigenvalue weighted by atomic mass is 10.2. The minimum Gasteiger partial charge on any atom is -1.00 e. The molecule has 1 rings (SSSR count). The topological polar surface area (TPSA) is 54.5 Å². The van der Waals surface area contributed by atoms with E-state index in [4.69, 9.17) is 5.39 Å². The molecule has 68 valence electrons. The van der Waals surface area contributed by atoms with Gasteiger partial charge in [0.1, 0.15) is 0 Å². The summed E-state index contributed by atoms with van der Waals surface area (Å²) in [5.41, 5.74) is 0.465. The molecule has 0 heterocycles. The van der Waals surface area contributed by atoms with Crippen molar-refractivity contribution < 1.29 is 21.9 Å². The summed E-state index contributed by atoms with van der Waals surface area (Å²) < 4.78 is 4.47. The Morgan fingerprint density at radius 2 is 2.08 bits per heavy atom. The predicted molar refractivity (Wildman–Crippen MR) is 42.5 cm³/mol. The molecule has 0 amide bonds. The SMILES string of the molecule is COC(=O)c1ccccc1[N+]#N.[Cl-]. The molecule has 0 aliphatic heterocycles. The van der Waals surface area contributed by atoms with Crippen LogP contribution in [0.2, 0.25) is 0 Å². The standard InChI is InChI=1S/C8H7N2O2.ClH/c1-12-8(11)6-4-2-3-5-7(6)10-9;/h2-5H,1H3;1H/q+1;/p-1. The number of benzene rings is 1. The van der Waals surface area contributed by atoms with Crippen molar-refractivity contribution in [2.75, 3.05) is 7.11 Å². The number of nitrogens with zero attached hydrogens (tertiary/aromatic N) is 2. The van der Waals surface area contributed by atoms with Crippen LogP contribution >= 0.6 is 0 Å². The van der Waals surface area contributed by atoms with Gasteiger partial charge in [0.25, 0.3) is 0 Å². The molecule has 13 heavy (non-hydrogen) atoms. The van der Waals surface area contributed by atoms with E-state index in [2.05, 4.69) is 9.71 Å². The van der Waals surface area contributed by atoms with E-state index in [9.17, 15) is 4.79 Å². The molecule has 0 aromatic heterocycles. The predicted octanol–water partition coefficient (Wildman–Crippen LogP) is -1.04. The number of diazo groups is 1. The van der Waals surface area contributed by atoms with Gasteiger partial charge in [0, 0.05) is 6.07 Å². The normalized spacial score (nSPS) is 8.00. The second-order valence-corrected chi connectivity index (χ2v) is 2.11. The molecule has 0 saturated carbocycles. The number of ether oxygens (including phenoxy) is 1. The van der Waals surface area contributed by atoms with Crippen molar-refractivity contribution in [1.82, 2.24) is 0 Å². The Morgan fingerprint density at radius 1 is 1.46 bits per heavy atom. The second kappa shape index (κ2) is 5.12. The summed E-state index contributed by atoms with van der Waals surface area (Å²) in [4.78, 5) is 13.9. The van der Waals surface area contributed by atoms with Crippen LogP contribution in [0, 0.1) is 5.39 Å². The van der Waals surface area contributed by atoms with Gasteiger partial charge in [-0.15, -0.1) is 0 Å². The van der Waals surface area contributed by atoms with Crippen molar-refractivity contribution >= 4 is 11.7 Å². The molecule has 0 aliphatic rings. The Hall–Kier alpha value is -1.60. The Balaban J connectivity index is 0.00000144. The Kier molecular flexibility index (Phi) is 4.49. The number of hydrogen-bond acceptors (Lipinski definition) is 3. The summed E-state index contributed by atoms with van der Waals surface area (Å²) in [7, 11) is 1.27. The Morgan fingerprint density at radius 3 is 2.62 bits per heavy atom. The van der Waals surface area contributed by atoms with E-state index in [1.807, 2.05) is 0 Å². The van der Waals surface area contributed by atoms with Gasteiger partial charge in [-0.05, 0) is 6.07 Å². The van der Waals surface area contributed by atoms with Gasteiger partial charge in [0.15, 0.2) is 10.5 Å². The van der Waals surface area contributed by atoms with Crippen molar-refractivity contribution in [2.45, 2.75) is 0 Å². The third-order valence-electron chi connectivity index (χ3n) is 1.42. The van der Waals surface area contributed by atoms with E-state index in [0.717, 1.165) is 0 Å². The monoisotopic (exact) mass is 198 g/mol. The zero-order valence-electron chi connectivity index (χ0n) is 6.90. The van der Waals surface area contributed by atoms with Crippen LogP contribution in [0.25, 0.3) is 4.98 Å². The van der Waals surface area contributed by atoms with Crippen LogP contribution in [0.1, 0.15) is 10.4 Å². The number of hydrogen-bond donors (Lipinski definition) is 0. The number of esters is 1. The largest absolute Gasteiger partial charge is 1.00 e. The Labute approximate surface area is 81.5 Å². The quantitative estimate of drug-likeness (QED) is 0.428. The molecular weight excluding hydrogens is 192 g/mol. The van der Waals surface area contributed by atoms with Crippen molar-refractivity contribution in [3.8, 4) is 0 Å². The lowest BCUT2D eigenvalue weighted by molar-refractivity contribution is -0.0000174. The molecule has 0 saturated heterocycles. The number of carbonyl (C=O) groups is 1. The van der Waals surface area contributed by atoms with Gasteiger partial charge in [-0.1, -0.05) is 12.1 Å². The first-order chi connectivity index (χ1) is 5.79. The molecule has 0 aliphatic carbocycles. The molecule has 1 aromatic rings. The van der Waals surface area contributed by atoms with E-state index < -0.39 is 5.97 Å². The Bertz CT molecular complexity index is 346. The zero-order valence-corrected chi connectivity index (χ0v) is 7.65. The van der Waals surface area contributed by atoms with E-state index in [-0.39, 0.29) is 23.7 Å². The van der Waals surface area contributed by atoms with E-state index in [1.165, 1.54) is 19.2 Å². The summed E-state index contributed by atoms with van der Waals surface area (Å²) >= 11 is 0. The minimum atomic E-state index is -0.511. The first kappa shape index (κ1) is 11.4. The van der Waals surface area contributed by atoms with Crippen LogP contribution in [0.5, 0.6) is 0 Å². The van der Waals surface area contributed by atoms with Crippen molar-refractivity contribution in [2.24, 2.45) is 0 Å². The van der Waals surface area contributed by atoms with Gasteiger partial charge < -0.3 is 17.1 Å². The lowest BCUT2D eigenvalue weighted by Gasteiger charge is -1.93. The highest BCUT2D eigenvalue weighted by molar-refractivity contribution is 5.95. The molecule has 0 radical (unpaired) electrons. The molecule has 0 N–H and O–H groups in total. The number of carbonyl (C=O) groups excluding carboxylic acids is 1. The molecule has 0 spiro atoms. The highest BCUT2D eigenvalue weighted by atomic mass is 35.5. The van der Waals surface area contributed by atoms with Crippen molar-refractivity contribution in [3.05, 3.63) is 34.8 Å². The number of halogens is 1. The summed E-state index contributed by atoms with van der Waals surface area (Å²) in [5, 5.41) is 8.48. The van der Waals surface area contributed by atoms with Gasteiger partial charge in [-0.3, -0.25) is 0 Å². The number of methoxy groups -OCH3 is 1. The van der Waals surface area contributed by atoms with Gasteiger partial charge in [-0.2, -0.15) is 0 Å². The molecule has 0 atom stereocenters. The highest BCUT2D eigenvalue weighted by Gasteiger charge is 2.19. The fourth-order valence-corrected chi connectivity index (χ4v) is 0.843. The average molecular weight is 199 g/mol. The smallest absolute Gasteiger partial charge is 0.399 e. The van der Waals surface area contributed by atoms with E-state index in [0.29, 0.717) is 0 Å². The minimum absolute atomic E-state index is 0. The van der Waals surface area contributed by atoms with Crippen LogP contribution in [0.15, 0.2) is 24.3 Å². The molecule has 5 heteroatoms. The summed E-state index contributed by atoms with van der Waals surface area (Å²) in [6, 6.07) is 6.38. The fourth-order valence-electron chi connectivity index (χ4n) is 0.843. The van der Waals surface area contributed by atoms with E-state index in [1.54, 1.807) is 12.1 Å². The molecule has 0 unspecified atom stereocenters. The molecule has 4 nitrogen and oxygen atoms in total. The zero-order chi connectivity index (χ0) is 8.97. The maximum atomic E-state index is 11.0. The fraction of sp³-hybridized carbons (Fsp3) is 0.125. The van der Waals surface area contributed by atoms with Crippen molar-refractivity contribution in [1.29, 1.82) is 5.39 Å². The summed E-state index contributed by atoms with van der Waals surface area (Å²) in [6.07, 6.45) is 0. The molecule has 0 bridgehead atoms. The number of rotatable bonds is 1. The van der Waals surface area contributed by atoms with Crippen LogP contribution in [-0.4, -0.2) is 13.1 Å². The highest BCUT2D eigenvalue weighted by Crippen LogP contribution is 2.18. The second-order valence-electron chi connectivity index (χ2n) is 2.11. The average Bonchev–Trinajstić information content (AvgIpc) is 2.16. The van der Waals surface area contributed by atoms with Crippen LogP contribution in [0.4, 0.5) is 5.69 Å². The van der Waals surface area contributed by atoms with Crippen LogP contribution in [-0.2, 0) is 4.74 Å². The first-order valence-electron chi connectivity index (χ1n) is 3.32. The molecule has 0 fully saturated rings. The van der Waals surface area contributed by atoms with E-state index >= 15 is 0 Å². The van der Waals surface area contributed by atoms with Gasteiger partial charge in [0.05, 0.1) is 7.11 Å².